The summed E-state index contributed by atoms with van der Waals surface area (Å²) in [5.74, 6) is -0.962. The van der Waals surface area contributed by atoms with Crippen LogP contribution in [0, 0.1) is 0 Å². The monoisotopic (exact) mass is 287 g/mol. The number of fused-ring (bicyclic) bond motifs is 1. The van der Waals surface area contributed by atoms with Crippen molar-refractivity contribution in [2.75, 3.05) is 18.4 Å². The van der Waals surface area contributed by atoms with E-state index in [2.05, 4.69) is 15.3 Å². The summed E-state index contributed by atoms with van der Waals surface area (Å²) in [6.45, 7) is 1.05. The molecule has 0 radical (unpaired) electrons. The molecule has 0 aliphatic heterocycles. The predicted octanol–water partition coefficient (Wildman–Crippen LogP) is 1.01. The average molecular weight is 287 g/mol. The number of aromatic carboxylic acids is 1. The maximum absolute atomic E-state index is 11.3. The van der Waals surface area contributed by atoms with E-state index in [0.29, 0.717) is 25.2 Å². The molecular formula is C14H17N5O2. The Hall–Kier alpha value is -2.83. The molecule has 7 nitrogen and oxygen atoms in total. The third-order valence-electron chi connectivity index (χ3n) is 2.94. The van der Waals surface area contributed by atoms with Crippen LogP contribution in [0.4, 0.5) is 5.69 Å². The summed E-state index contributed by atoms with van der Waals surface area (Å²) in [5.41, 5.74) is 12.0. The number of benzene rings is 1. The van der Waals surface area contributed by atoms with Gasteiger partial charge in [-0.3, -0.25) is 9.98 Å². The first-order chi connectivity index (χ1) is 10.1. The van der Waals surface area contributed by atoms with Crippen molar-refractivity contribution in [3.63, 3.8) is 0 Å². The van der Waals surface area contributed by atoms with Gasteiger partial charge in [0.25, 0.3) is 0 Å². The number of pyridine rings is 1. The largest absolute Gasteiger partial charge is 0.478 e. The van der Waals surface area contributed by atoms with E-state index in [9.17, 15) is 9.90 Å². The molecule has 0 saturated heterocycles. The van der Waals surface area contributed by atoms with Crippen LogP contribution < -0.4 is 16.8 Å². The molecule has 1 aromatic heterocycles. The highest BCUT2D eigenvalue weighted by atomic mass is 16.4. The Bertz CT molecular complexity index is 680. The molecule has 2 rings (SSSR count). The number of carboxylic acids is 1. The summed E-state index contributed by atoms with van der Waals surface area (Å²) in [7, 11) is 0. The fourth-order valence-corrected chi connectivity index (χ4v) is 1.99. The molecule has 0 aliphatic rings. The van der Waals surface area contributed by atoms with Gasteiger partial charge in [-0.25, -0.2) is 4.79 Å². The van der Waals surface area contributed by atoms with Crippen LogP contribution >= 0.6 is 0 Å². The highest BCUT2D eigenvalue weighted by Gasteiger charge is 2.13. The molecule has 21 heavy (non-hydrogen) atoms. The summed E-state index contributed by atoms with van der Waals surface area (Å²) in [5, 5.41) is 13.2. The molecule has 0 saturated carbocycles. The summed E-state index contributed by atoms with van der Waals surface area (Å²) < 4.78 is 0. The Morgan fingerprint density at radius 3 is 2.81 bits per heavy atom. The third-order valence-corrected chi connectivity index (χ3v) is 2.94. The maximum Gasteiger partial charge on any atom is 0.339 e. The Kier molecular flexibility index (Phi) is 4.55. The molecule has 110 valence electrons. The molecule has 7 heteroatoms. The van der Waals surface area contributed by atoms with Crippen LogP contribution in [0.3, 0.4) is 0 Å². The lowest BCUT2D eigenvalue weighted by atomic mass is 10.1. The maximum atomic E-state index is 11.3. The zero-order chi connectivity index (χ0) is 15.2. The Morgan fingerprint density at radius 2 is 2.10 bits per heavy atom. The lowest BCUT2D eigenvalue weighted by Gasteiger charge is -2.12. The number of aromatic nitrogens is 1. The van der Waals surface area contributed by atoms with Crippen molar-refractivity contribution in [1.29, 1.82) is 0 Å². The molecule has 0 bridgehead atoms. The second-order valence-corrected chi connectivity index (χ2v) is 4.46. The number of nitrogens with zero attached hydrogens (tertiary/aromatic N) is 2. The summed E-state index contributed by atoms with van der Waals surface area (Å²) >= 11 is 0. The van der Waals surface area contributed by atoms with Crippen molar-refractivity contribution in [2.45, 2.75) is 6.42 Å². The standard InChI is InChI=1S/C14H17N5O2/c15-14(16)18-7-3-6-17-12-9-4-1-2-5-11(9)19-8-10(12)13(20)21/h1-2,4-5,8H,3,6-7H2,(H,17,19)(H,20,21)(H4,15,16,18). The number of rotatable bonds is 6. The SMILES string of the molecule is NC(N)=NCCCNc1c(C(=O)O)cnc2ccccc12. The number of carboxylic acid groups (broad SMARTS) is 1. The minimum Gasteiger partial charge on any atom is -0.478 e. The van der Waals surface area contributed by atoms with Crippen LogP contribution in [-0.2, 0) is 0 Å². The molecule has 2 aromatic rings. The van der Waals surface area contributed by atoms with E-state index in [4.69, 9.17) is 11.5 Å². The van der Waals surface area contributed by atoms with Crippen LogP contribution in [0.5, 0.6) is 0 Å². The molecule has 0 unspecified atom stereocenters. The fraction of sp³-hybridized carbons (Fsp3) is 0.214. The van der Waals surface area contributed by atoms with Gasteiger partial charge in [0.15, 0.2) is 5.96 Å². The van der Waals surface area contributed by atoms with Crippen LogP contribution in [-0.4, -0.2) is 35.1 Å². The zero-order valence-electron chi connectivity index (χ0n) is 11.4. The third kappa shape index (κ3) is 3.59. The molecule has 6 N–H and O–H groups in total. The van der Waals surface area contributed by atoms with Crippen LogP contribution in [0.25, 0.3) is 10.9 Å². The van der Waals surface area contributed by atoms with Crippen molar-refractivity contribution < 1.29 is 9.90 Å². The number of hydrogen-bond donors (Lipinski definition) is 4. The van der Waals surface area contributed by atoms with E-state index in [1.165, 1.54) is 6.20 Å². The number of hydrogen-bond acceptors (Lipinski definition) is 4. The first kappa shape index (κ1) is 14.6. The summed E-state index contributed by atoms with van der Waals surface area (Å²) in [6, 6.07) is 7.39. The van der Waals surface area contributed by atoms with Crippen molar-refractivity contribution in [3.8, 4) is 0 Å². The minimum atomic E-state index is -1.01. The quantitative estimate of drug-likeness (QED) is 0.357. The van der Waals surface area contributed by atoms with Crippen molar-refractivity contribution in [3.05, 3.63) is 36.0 Å². The lowest BCUT2D eigenvalue weighted by molar-refractivity contribution is 0.0697. The van der Waals surface area contributed by atoms with Gasteiger partial charge in [-0.05, 0) is 12.5 Å². The van der Waals surface area contributed by atoms with E-state index in [-0.39, 0.29) is 11.5 Å². The van der Waals surface area contributed by atoms with Gasteiger partial charge in [-0.2, -0.15) is 0 Å². The topological polar surface area (TPSA) is 127 Å². The molecule has 1 heterocycles. The van der Waals surface area contributed by atoms with E-state index in [1.807, 2.05) is 24.3 Å². The van der Waals surface area contributed by atoms with Crippen molar-refractivity contribution >= 4 is 28.5 Å². The van der Waals surface area contributed by atoms with E-state index in [1.54, 1.807) is 0 Å². The van der Waals surface area contributed by atoms with E-state index < -0.39 is 5.97 Å². The van der Waals surface area contributed by atoms with E-state index >= 15 is 0 Å². The first-order valence-corrected chi connectivity index (χ1v) is 6.50. The summed E-state index contributed by atoms with van der Waals surface area (Å²) in [6.07, 6.45) is 2.05. The number of aliphatic imine (C=N–C) groups is 1. The molecule has 0 spiro atoms. The number of guanidine groups is 1. The van der Waals surface area contributed by atoms with Gasteiger partial charge in [0, 0.05) is 24.7 Å². The van der Waals surface area contributed by atoms with Crippen molar-refractivity contribution in [1.82, 2.24) is 4.98 Å². The summed E-state index contributed by atoms with van der Waals surface area (Å²) in [4.78, 5) is 19.3. The second kappa shape index (κ2) is 6.56. The minimum absolute atomic E-state index is 0.0515. The van der Waals surface area contributed by atoms with Gasteiger partial charge >= 0.3 is 5.97 Å². The molecule has 0 aliphatic carbocycles. The van der Waals surface area contributed by atoms with Gasteiger partial charge < -0.3 is 21.9 Å². The zero-order valence-corrected chi connectivity index (χ0v) is 11.4. The van der Waals surface area contributed by atoms with Crippen LogP contribution in [0.2, 0.25) is 0 Å². The predicted molar refractivity (Wildman–Crippen MR) is 82.5 cm³/mol. The molecule has 0 atom stereocenters. The molecular weight excluding hydrogens is 270 g/mol. The highest BCUT2D eigenvalue weighted by Crippen LogP contribution is 2.25. The Labute approximate surface area is 121 Å². The Balaban J connectivity index is 2.21. The number of para-hydroxylation sites is 1. The van der Waals surface area contributed by atoms with Gasteiger partial charge in [0.1, 0.15) is 5.56 Å². The Morgan fingerprint density at radius 1 is 1.33 bits per heavy atom. The average Bonchev–Trinajstić information content (AvgIpc) is 2.46. The normalized spacial score (nSPS) is 10.3. The second-order valence-electron chi connectivity index (χ2n) is 4.46. The first-order valence-electron chi connectivity index (χ1n) is 6.50. The van der Waals surface area contributed by atoms with E-state index in [0.717, 1.165) is 10.9 Å². The number of carbonyl (C=O) groups is 1. The van der Waals surface area contributed by atoms with Crippen LogP contribution in [0.1, 0.15) is 16.8 Å². The van der Waals surface area contributed by atoms with Gasteiger partial charge in [-0.15, -0.1) is 0 Å². The fourth-order valence-electron chi connectivity index (χ4n) is 1.99. The molecule has 0 fully saturated rings. The van der Waals surface area contributed by atoms with Gasteiger partial charge in [0.2, 0.25) is 0 Å². The van der Waals surface area contributed by atoms with Crippen molar-refractivity contribution in [2.24, 2.45) is 16.5 Å². The van der Waals surface area contributed by atoms with Crippen LogP contribution in [0.15, 0.2) is 35.5 Å². The number of nitrogens with one attached hydrogen (secondary N) is 1. The van der Waals surface area contributed by atoms with Gasteiger partial charge in [0.05, 0.1) is 11.2 Å². The lowest BCUT2D eigenvalue weighted by Crippen LogP contribution is -2.23. The molecule has 0 amide bonds. The highest BCUT2D eigenvalue weighted by molar-refractivity contribution is 6.04. The van der Waals surface area contributed by atoms with Gasteiger partial charge in [-0.1, -0.05) is 18.2 Å². The molecule has 1 aromatic carbocycles. The smallest absolute Gasteiger partial charge is 0.339 e. The number of nitrogens with two attached hydrogens (primary N) is 2. The number of anilines is 1.